The number of nitrogens with zero attached hydrogens (tertiary/aromatic N) is 1. The molecule has 0 aliphatic carbocycles. The lowest BCUT2D eigenvalue weighted by Crippen LogP contribution is -2.45. The number of ether oxygens (including phenoxy) is 3. The maximum absolute atomic E-state index is 13.2. The van der Waals surface area contributed by atoms with Crippen molar-refractivity contribution in [2.75, 3.05) is 19.8 Å². The Balaban J connectivity index is 1.78. The molecular weight excluding hydrogens is 300 g/mol. The van der Waals surface area contributed by atoms with Crippen molar-refractivity contribution in [1.82, 2.24) is 4.90 Å². The molecule has 2 aliphatic rings. The molecule has 0 aromatic heterocycles. The van der Waals surface area contributed by atoms with Crippen LogP contribution in [0.25, 0.3) is 0 Å². The van der Waals surface area contributed by atoms with Crippen molar-refractivity contribution in [3.8, 4) is 11.5 Å². The standard InChI is InChI=1S/C14H15F2NO5/c15-14(16)21-11-3-1-2-9(13(11)22-14)7-17-4-5-20-8-10(17)6-12(18)19/h1-3,10H,4-8H2,(H,18,19). The number of aliphatic carboxylic acids is 1. The van der Waals surface area contributed by atoms with Gasteiger partial charge in [-0.25, -0.2) is 0 Å². The Morgan fingerprint density at radius 3 is 3.00 bits per heavy atom. The first-order valence-electron chi connectivity index (χ1n) is 6.86. The molecule has 0 saturated carbocycles. The highest BCUT2D eigenvalue weighted by Gasteiger charge is 2.44. The maximum Gasteiger partial charge on any atom is 0.586 e. The van der Waals surface area contributed by atoms with Gasteiger partial charge in [0.05, 0.1) is 19.6 Å². The molecule has 2 aliphatic heterocycles. The van der Waals surface area contributed by atoms with Gasteiger partial charge in [-0.3, -0.25) is 9.69 Å². The molecule has 8 heteroatoms. The molecule has 2 heterocycles. The lowest BCUT2D eigenvalue weighted by molar-refractivity contribution is -0.287. The Bertz CT molecular complexity index is 580. The van der Waals surface area contributed by atoms with E-state index in [-0.39, 0.29) is 24.0 Å². The lowest BCUT2D eigenvalue weighted by atomic mass is 10.1. The molecule has 1 unspecified atom stereocenters. The number of carbonyl (C=O) groups is 1. The number of morpholine rings is 1. The van der Waals surface area contributed by atoms with E-state index in [2.05, 4.69) is 9.47 Å². The smallest absolute Gasteiger partial charge is 0.481 e. The summed E-state index contributed by atoms with van der Waals surface area (Å²) in [6.07, 6.45) is -3.73. The third-order valence-corrected chi connectivity index (χ3v) is 3.64. The zero-order valence-corrected chi connectivity index (χ0v) is 11.6. The van der Waals surface area contributed by atoms with Crippen LogP contribution in [0.1, 0.15) is 12.0 Å². The quantitative estimate of drug-likeness (QED) is 0.912. The average Bonchev–Trinajstić information content (AvgIpc) is 2.75. The van der Waals surface area contributed by atoms with Crippen molar-refractivity contribution in [3.63, 3.8) is 0 Å². The number of hydrogen-bond acceptors (Lipinski definition) is 5. The maximum atomic E-state index is 13.2. The third kappa shape index (κ3) is 3.12. The first-order chi connectivity index (χ1) is 10.4. The van der Waals surface area contributed by atoms with Gasteiger partial charge in [-0.1, -0.05) is 12.1 Å². The largest absolute Gasteiger partial charge is 0.586 e. The van der Waals surface area contributed by atoms with Gasteiger partial charge in [-0.05, 0) is 6.07 Å². The number of halogens is 2. The van der Waals surface area contributed by atoms with E-state index in [9.17, 15) is 13.6 Å². The molecule has 1 N–H and O–H groups in total. The number of alkyl halides is 2. The summed E-state index contributed by atoms with van der Waals surface area (Å²) >= 11 is 0. The van der Waals surface area contributed by atoms with Gasteiger partial charge in [-0.15, -0.1) is 8.78 Å². The summed E-state index contributed by atoms with van der Waals surface area (Å²) in [4.78, 5) is 12.8. The van der Waals surface area contributed by atoms with Crippen LogP contribution in [0.4, 0.5) is 8.78 Å². The molecular formula is C14H15F2NO5. The van der Waals surface area contributed by atoms with E-state index >= 15 is 0 Å². The number of fused-ring (bicyclic) bond motifs is 1. The van der Waals surface area contributed by atoms with E-state index in [1.165, 1.54) is 6.07 Å². The molecule has 120 valence electrons. The SMILES string of the molecule is O=C(O)CC1COCCN1Cc1cccc2c1OC(F)(F)O2. The lowest BCUT2D eigenvalue weighted by Gasteiger charge is -2.34. The topological polar surface area (TPSA) is 68.2 Å². The van der Waals surface area contributed by atoms with Crippen LogP contribution < -0.4 is 9.47 Å². The highest BCUT2D eigenvalue weighted by Crippen LogP contribution is 2.43. The van der Waals surface area contributed by atoms with Crippen LogP contribution >= 0.6 is 0 Å². The average molecular weight is 315 g/mol. The normalized spacial score (nSPS) is 23.5. The number of carboxylic acid groups (broad SMARTS) is 1. The van der Waals surface area contributed by atoms with Crippen LogP contribution in [0.2, 0.25) is 0 Å². The Hall–Kier alpha value is -1.93. The molecule has 1 fully saturated rings. The second kappa shape index (κ2) is 5.69. The summed E-state index contributed by atoms with van der Waals surface area (Å²) in [5, 5.41) is 8.95. The van der Waals surface area contributed by atoms with Gasteiger partial charge in [-0.2, -0.15) is 0 Å². The number of para-hydroxylation sites is 1. The number of hydrogen-bond donors (Lipinski definition) is 1. The monoisotopic (exact) mass is 315 g/mol. The van der Waals surface area contributed by atoms with Gasteiger partial charge >= 0.3 is 12.3 Å². The molecule has 6 nitrogen and oxygen atoms in total. The molecule has 1 saturated heterocycles. The number of rotatable bonds is 4. The van der Waals surface area contributed by atoms with Crippen molar-refractivity contribution in [2.45, 2.75) is 25.3 Å². The first-order valence-corrected chi connectivity index (χ1v) is 6.86. The molecule has 1 aromatic carbocycles. The summed E-state index contributed by atoms with van der Waals surface area (Å²) in [6.45, 7) is 1.59. The second-order valence-corrected chi connectivity index (χ2v) is 5.21. The molecule has 0 spiro atoms. The van der Waals surface area contributed by atoms with Gasteiger partial charge in [0.1, 0.15) is 0 Å². The minimum absolute atomic E-state index is 0.00747. The van der Waals surface area contributed by atoms with Crippen molar-refractivity contribution in [2.24, 2.45) is 0 Å². The molecule has 1 atom stereocenters. The fourth-order valence-corrected chi connectivity index (χ4v) is 2.66. The summed E-state index contributed by atoms with van der Waals surface area (Å²) in [6, 6.07) is 4.38. The molecule has 0 amide bonds. The Morgan fingerprint density at radius 1 is 1.41 bits per heavy atom. The van der Waals surface area contributed by atoms with Crippen molar-refractivity contribution in [3.05, 3.63) is 23.8 Å². The summed E-state index contributed by atoms with van der Waals surface area (Å²) < 4.78 is 40.6. The van der Waals surface area contributed by atoms with Crippen molar-refractivity contribution >= 4 is 5.97 Å². The van der Waals surface area contributed by atoms with Crippen molar-refractivity contribution in [1.29, 1.82) is 0 Å². The minimum atomic E-state index is -3.66. The van der Waals surface area contributed by atoms with Gasteiger partial charge in [0.25, 0.3) is 0 Å². The van der Waals surface area contributed by atoms with Crippen LogP contribution in [-0.2, 0) is 16.1 Å². The Labute approximate surface area is 125 Å². The summed E-state index contributed by atoms with van der Waals surface area (Å²) in [7, 11) is 0. The summed E-state index contributed by atoms with van der Waals surface area (Å²) in [5.41, 5.74) is 0.534. The van der Waals surface area contributed by atoms with Crippen LogP contribution in [0.3, 0.4) is 0 Å². The molecule has 0 radical (unpaired) electrons. The van der Waals surface area contributed by atoms with Gasteiger partial charge < -0.3 is 19.3 Å². The number of benzene rings is 1. The second-order valence-electron chi connectivity index (χ2n) is 5.21. The van der Waals surface area contributed by atoms with E-state index in [1.54, 1.807) is 12.1 Å². The molecule has 0 bridgehead atoms. The van der Waals surface area contributed by atoms with E-state index in [0.717, 1.165) is 0 Å². The first kappa shape index (κ1) is 15.0. The van der Waals surface area contributed by atoms with Gasteiger partial charge in [0.2, 0.25) is 0 Å². The van der Waals surface area contributed by atoms with Crippen LogP contribution in [0.5, 0.6) is 11.5 Å². The highest BCUT2D eigenvalue weighted by molar-refractivity contribution is 5.67. The van der Waals surface area contributed by atoms with E-state index in [1.807, 2.05) is 4.90 Å². The summed E-state index contributed by atoms with van der Waals surface area (Å²) in [5.74, 6) is -0.927. The number of carboxylic acids is 1. The van der Waals surface area contributed by atoms with E-state index < -0.39 is 12.3 Å². The van der Waals surface area contributed by atoms with E-state index in [0.29, 0.717) is 31.9 Å². The molecule has 22 heavy (non-hydrogen) atoms. The van der Waals surface area contributed by atoms with Crippen LogP contribution in [0, 0.1) is 0 Å². The van der Waals surface area contributed by atoms with E-state index in [4.69, 9.17) is 9.84 Å². The molecule has 3 rings (SSSR count). The van der Waals surface area contributed by atoms with Gasteiger partial charge in [0.15, 0.2) is 11.5 Å². The third-order valence-electron chi connectivity index (χ3n) is 3.64. The highest BCUT2D eigenvalue weighted by atomic mass is 19.3. The van der Waals surface area contributed by atoms with Crippen LogP contribution in [0.15, 0.2) is 18.2 Å². The van der Waals surface area contributed by atoms with Crippen molar-refractivity contribution < 1.29 is 32.9 Å². The Morgan fingerprint density at radius 2 is 2.23 bits per heavy atom. The van der Waals surface area contributed by atoms with Crippen LogP contribution in [-0.4, -0.2) is 48.1 Å². The predicted octanol–water partition coefficient (Wildman–Crippen LogP) is 1.68. The Kier molecular flexibility index (Phi) is 3.88. The zero-order valence-electron chi connectivity index (χ0n) is 11.6. The fraction of sp³-hybridized carbons (Fsp3) is 0.500. The predicted molar refractivity (Wildman–Crippen MR) is 69.9 cm³/mol. The fourth-order valence-electron chi connectivity index (χ4n) is 2.66. The minimum Gasteiger partial charge on any atom is -0.481 e. The molecule has 1 aromatic rings. The van der Waals surface area contributed by atoms with Gasteiger partial charge in [0, 0.05) is 24.7 Å². The zero-order chi connectivity index (χ0) is 15.7.